The van der Waals surface area contributed by atoms with Crippen LogP contribution in [0.4, 0.5) is 5.69 Å². The first kappa shape index (κ1) is 16.4. The van der Waals surface area contributed by atoms with Gasteiger partial charge in [0.1, 0.15) is 18.1 Å². The molecule has 22 heavy (non-hydrogen) atoms. The molecule has 0 saturated heterocycles. The predicted molar refractivity (Wildman–Crippen MR) is 86.6 cm³/mol. The van der Waals surface area contributed by atoms with Gasteiger partial charge in [-0.05, 0) is 30.8 Å². The molecule has 2 aromatic rings. The Balaban J connectivity index is 1.90. The summed E-state index contributed by atoms with van der Waals surface area (Å²) in [4.78, 5) is 16.3. The minimum atomic E-state index is -0.229. The van der Waals surface area contributed by atoms with Crippen LogP contribution in [-0.4, -0.2) is 37.8 Å². The minimum Gasteiger partial charge on any atom is -0.491 e. The molecule has 2 rings (SSSR count). The van der Waals surface area contributed by atoms with Crippen LogP contribution in [-0.2, 0) is 11.2 Å². The molecule has 1 aromatic heterocycles. The number of hydrogen-bond donors (Lipinski definition) is 2. The van der Waals surface area contributed by atoms with Gasteiger partial charge in [0, 0.05) is 24.6 Å². The maximum Gasteiger partial charge on any atom is 0.275 e. The molecule has 0 bridgehead atoms. The molecule has 0 radical (unpaired) electrons. The average Bonchev–Trinajstić information content (AvgIpc) is 2.98. The van der Waals surface area contributed by atoms with Crippen LogP contribution in [0.25, 0.3) is 0 Å². The number of thiazole rings is 1. The number of anilines is 1. The summed E-state index contributed by atoms with van der Waals surface area (Å²) in [7, 11) is 1.62. The van der Waals surface area contributed by atoms with Crippen molar-refractivity contribution in [2.24, 2.45) is 5.73 Å². The SMILES string of the molecule is COCCOc1ccc(NC(=O)c2csc(CCN)n2)cc1. The molecule has 3 N–H and O–H groups in total. The maximum absolute atomic E-state index is 12.1. The van der Waals surface area contributed by atoms with Crippen molar-refractivity contribution in [1.29, 1.82) is 0 Å². The summed E-state index contributed by atoms with van der Waals surface area (Å²) in [5.74, 6) is 0.501. The third-order valence-electron chi connectivity index (χ3n) is 2.81. The summed E-state index contributed by atoms with van der Waals surface area (Å²) < 4.78 is 10.4. The van der Waals surface area contributed by atoms with E-state index in [-0.39, 0.29) is 5.91 Å². The number of methoxy groups -OCH3 is 1. The van der Waals surface area contributed by atoms with Gasteiger partial charge in [-0.2, -0.15) is 0 Å². The Bertz CT molecular complexity index is 598. The molecular weight excluding hydrogens is 302 g/mol. The van der Waals surface area contributed by atoms with Crippen LogP contribution in [0.3, 0.4) is 0 Å². The van der Waals surface area contributed by atoms with Gasteiger partial charge in [-0.25, -0.2) is 4.98 Å². The van der Waals surface area contributed by atoms with Gasteiger partial charge in [-0.1, -0.05) is 0 Å². The molecule has 0 spiro atoms. The maximum atomic E-state index is 12.1. The van der Waals surface area contributed by atoms with Crippen LogP contribution in [0.5, 0.6) is 5.75 Å². The Morgan fingerprint density at radius 1 is 1.32 bits per heavy atom. The van der Waals surface area contributed by atoms with Gasteiger partial charge in [0.05, 0.1) is 11.6 Å². The molecule has 0 fully saturated rings. The number of nitrogens with one attached hydrogen (secondary N) is 1. The summed E-state index contributed by atoms with van der Waals surface area (Å²) in [6.45, 7) is 1.55. The predicted octanol–water partition coefficient (Wildman–Crippen LogP) is 1.92. The van der Waals surface area contributed by atoms with Crippen molar-refractivity contribution in [3.8, 4) is 5.75 Å². The van der Waals surface area contributed by atoms with Gasteiger partial charge in [0.2, 0.25) is 0 Å². The van der Waals surface area contributed by atoms with Crippen molar-refractivity contribution in [3.05, 3.63) is 40.3 Å². The van der Waals surface area contributed by atoms with Crippen molar-refractivity contribution in [1.82, 2.24) is 4.98 Å². The van der Waals surface area contributed by atoms with E-state index < -0.39 is 0 Å². The topological polar surface area (TPSA) is 86.5 Å². The van der Waals surface area contributed by atoms with E-state index in [0.717, 1.165) is 10.8 Å². The highest BCUT2D eigenvalue weighted by molar-refractivity contribution is 7.09. The molecule has 6 nitrogen and oxygen atoms in total. The van der Waals surface area contributed by atoms with E-state index in [0.29, 0.717) is 37.6 Å². The number of carbonyl (C=O) groups is 1. The van der Waals surface area contributed by atoms with Crippen LogP contribution < -0.4 is 15.8 Å². The minimum absolute atomic E-state index is 0.229. The molecule has 0 aliphatic rings. The number of carbonyl (C=O) groups excluding carboxylic acids is 1. The number of amides is 1. The van der Waals surface area contributed by atoms with Crippen molar-refractivity contribution >= 4 is 22.9 Å². The van der Waals surface area contributed by atoms with Crippen molar-refractivity contribution in [3.63, 3.8) is 0 Å². The highest BCUT2D eigenvalue weighted by atomic mass is 32.1. The summed E-state index contributed by atoms with van der Waals surface area (Å²) in [5, 5.41) is 5.41. The lowest BCUT2D eigenvalue weighted by atomic mass is 10.3. The van der Waals surface area contributed by atoms with Gasteiger partial charge >= 0.3 is 0 Å². The Hall–Kier alpha value is -1.96. The number of nitrogens with zero attached hydrogens (tertiary/aromatic N) is 1. The Kier molecular flexibility index (Phi) is 6.32. The Labute approximate surface area is 133 Å². The van der Waals surface area contributed by atoms with Crippen LogP contribution >= 0.6 is 11.3 Å². The van der Waals surface area contributed by atoms with Crippen molar-refractivity contribution in [2.45, 2.75) is 6.42 Å². The van der Waals surface area contributed by atoms with E-state index >= 15 is 0 Å². The average molecular weight is 321 g/mol. The highest BCUT2D eigenvalue weighted by Crippen LogP contribution is 2.17. The number of benzene rings is 1. The van der Waals surface area contributed by atoms with Crippen molar-refractivity contribution < 1.29 is 14.3 Å². The second kappa shape index (κ2) is 8.47. The molecule has 1 aromatic carbocycles. The third-order valence-corrected chi connectivity index (χ3v) is 3.72. The number of hydrogen-bond acceptors (Lipinski definition) is 6. The Morgan fingerprint density at radius 2 is 2.09 bits per heavy atom. The first-order valence-electron chi connectivity index (χ1n) is 6.90. The standard InChI is InChI=1S/C15H19N3O3S/c1-20-8-9-21-12-4-2-11(3-5-12)17-15(19)13-10-22-14(18-13)6-7-16/h2-5,10H,6-9,16H2,1H3,(H,17,19). The second-order valence-electron chi connectivity index (χ2n) is 4.48. The molecule has 1 heterocycles. The number of nitrogens with two attached hydrogens (primary N) is 1. The van der Waals surface area contributed by atoms with E-state index in [2.05, 4.69) is 10.3 Å². The van der Waals surface area contributed by atoms with E-state index in [9.17, 15) is 4.79 Å². The molecule has 0 unspecified atom stereocenters. The van der Waals surface area contributed by atoms with Gasteiger partial charge in [-0.15, -0.1) is 11.3 Å². The third kappa shape index (κ3) is 4.80. The lowest BCUT2D eigenvalue weighted by molar-refractivity contribution is 0.102. The molecule has 0 aliphatic heterocycles. The van der Waals surface area contributed by atoms with Crippen LogP contribution in [0.2, 0.25) is 0 Å². The van der Waals surface area contributed by atoms with E-state index in [1.165, 1.54) is 11.3 Å². The first-order chi connectivity index (χ1) is 10.7. The molecule has 0 atom stereocenters. The van der Waals surface area contributed by atoms with Gasteiger partial charge in [0.25, 0.3) is 5.91 Å². The smallest absolute Gasteiger partial charge is 0.275 e. The van der Waals surface area contributed by atoms with E-state index in [4.69, 9.17) is 15.2 Å². The largest absolute Gasteiger partial charge is 0.491 e. The van der Waals surface area contributed by atoms with Crippen LogP contribution in [0.1, 0.15) is 15.5 Å². The van der Waals surface area contributed by atoms with Crippen LogP contribution in [0, 0.1) is 0 Å². The van der Waals surface area contributed by atoms with Crippen LogP contribution in [0.15, 0.2) is 29.6 Å². The normalized spacial score (nSPS) is 10.5. The lowest BCUT2D eigenvalue weighted by Crippen LogP contribution is -2.12. The number of ether oxygens (including phenoxy) is 2. The number of rotatable bonds is 8. The zero-order valence-corrected chi connectivity index (χ0v) is 13.2. The fourth-order valence-corrected chi connectivity index (χ4v) is 2.52. The molecule has 118 valence electrons. The molecule has 0 saturated carbocycles. The fraction of sp³-hybridized carbons (Fsp3) is 0.333. The fourth-order valence-electron chi connectivity index (χ4n) is 1.73. The summed E-state index contributed by atoms with van der Waals surface area (Å²) in [5.41, 5.74) is 6.58. The Morgan fingerprint density at radius 3 is 2.77 bits per heavy atom. The lowest BCUT2D eigenvalue weighted by Gasteiger charge is -2.07. The number of aromatic nitrogens is 1. The van der Waals surface area contributed by atoms with Crippen molar-refractivity contribution in [2.75, 3.05) is 32.2 Å². The van der Waals surface area contributed by atoms with Gasteiger partial charge < -0.3 is 20.5 Å². The van der Waals surface area contributed by atoms with E-state index in [1.54, 1.807) is 36.8 Å². The molecule has 0 aliphatic carbocycles. The van der Waals surface area contributed by atoms with Gasteiger partial charge in [-0.3, -0.25) is 4.79 Å². The molecule has 7 heteroatoms. The summed E-state index contributed by atoms with van der Waals surface area (Å²) >= 11 is 1.44. The molecular formula is C15H19N3O3S. The second-order valence-corrected chi connectivity index (χ2v) is 5.43. The first-order valence-corrected chi connectivity index (χ1v) is 7.78. The quantitative estimate of drug-likeness (QED) is 0.725. The molecule has 1 amide bonds. The van der Waals surface area contributed by atoms with E-state index in [1.807, 2.05) is 0 Å². The zero-order valence-electron chi connectivity index (χ0n) is 12.4. The zero-order chi connectivity index (χ0) is 15.8. The van der Waals surface area contributed by atoms with Gasteiger partial charge in [0.15, 0.2) is 0 Å². The monoisotopic (exact) mass is 321 g/mol. The summed E-state index contributed by atoms with van der Waals surface area (Å²) in [6, 6.07) is 7.17. The highest BCUT2D eigenvalue weighted by Gasteiger charge is 2.10. The summed E-state index contributed by atoms with van der Waals surface area (Å²) in [6.07, 6.45) is 0.686.